The lowest BCUT2D eigenvalue weighted by Crippen LogP contribution is -2.33. The Morgan fingerprint density at radius 1 is 1.24 bits per heavy atom. The number of carbonyl (C=O) groups is 2. The lowest BCUT2D eigenvalue weighted by Gasteiger charge is -2.20. The molecule has 34 heavy (non-hydrogen) atoms. The number of rotatable bonds is 6. The van der Waals surface area contributed by atoms with Gasteiger partial charge in [0.15, 0.2) is 5.78 Å². The quantitative estimate of drug-likeness (QED) is 0.437. The number of aromatic nitrogens is 1. The van der Waals surface area contributed by atoms with Gasteiger partial charge in [-0.2, -0.15) is 0 Å². The molecule has 0 aliphatic carbocycles. The van der Waals surface area contributed by atoms with E-state index in [1.165, 1.54) is 23.2 Å². The number of phenolic OH excluding ortho intramolecular Hbond substituents is 1. The number of carbonyl (C=O) groups excluding carboxylic acids is 2. The molecule has 4 N–H and O–H groups in total. The number of pyridine rings is 1. The zero-order valence-electron chi connectivity index (χ0n) is 18.9. The molecule has 3 aromatic rings. The fourth-order valence-electron chi connectivity index (χ4n) is 3.94. The van der Waals surface area contributed by atoms with Crippen LogP contribution >= 0.6 is 0 Å². The summed E-state index contributed by atoms with van der Waals surface area (Å²) in [6.07, 6.45) is 1.49. The van der Waals surface area contributed by atoms with E-state index >= 15 is 0 Å². The van der Waals surface area contributed by atoms with Crippen molar-refractivity contribution in [2.24, 2.45) is 0 Å². The van der Waals surface area contributed by atoms with E-state index in [9.17, 15) is 24.2 Å². The number of amides is 1. The van der Waals surface area contributed by atoms with Gasteiger partial charge in [-0.15, -0.1) is 0 Å². The normalized spacial score (nSPS) is 12.3. The summed E-state index contributed by atoms with van der Waals surface area (Å²) in [5.74, 6) is -0.824. The fourth-order valence-corrected chi connectivity index (χ4v) is 3.94. The summed E-state index contributed by atoms with van der Waals surface area (Å²) in [5, 5.41) is 25.2. The summed E-state index contributed by atoms with van der Waals surface area (Å²) in [6, 6.07) is 9.09. The number of anilines is 4. The van der Waals surface area contributed by atoms with Crippen molar-refractivity contribution in [3.63, 3.8) is 0 Å². The van der Waals surface area contributed by atoms with Crippen molar-refractivity contribution in [3.05, 3.63) is 70.7 Å². The number of fused-ring (bicyclic) bond motifs is 2. The van der Waals surface area contributed by atoms with Gasteiger partial charge in [0.1, 0.15) is 17.4 Å². The van der Waals surface area contributed by atoms with Crippen molar-refractivity contribution in [1.29, 1.82) is 0 Å². The molecule has 176 valence electrons. The van der Waals surface area contributed by atoms with Crippen LogP contribution in [0, 0.1) is 12.7 Å². The minimum Gasteiger partial charge on any atom is -0.508 e. The molecule has 2 heterocycles. The van der Waals surface area contributed by atoms with Crippen LogP contribution < -0.4 is 10.6 Å². The number of phenols is 1. The number of halogens is 1. The van der Waals surface area contributed by atoms with Gasteiger partial charge >= 0.3 is 0 Å². The maximum absolute atomic E-state index is 14.5. The molecule has 0 saturated heterocycles. The summed E-state index contributed by atoms with van der Waals surface area (Å²) in [5.41, 5.74) is 2.70. The number of ketones is 1. The molecule has 8 nitrogen and oxygen atoms in total. The van der Waals surface area contributed by atoms with Gasteiger partial charge in [-0.3, -0.25) is 9.59 Å². The maximum atomic E-state index is 14.5. The molecule has 0 unspecified atom stereocenters. The third-order valence-corrected chi connectivity index (χ3v) is 5.78. The number of hydrogen-bond acceptors (Lipinski definition) is 7. The Hall–Kier alpha value is -3.98. The Morgan fingerprint density at radius 3 is 2.76 bits per heavy atom. The largest absolute Gasteiger partial charge is 0.508 e. The van der Waals surface area contributed by atoms with Crippen LogP contribution in [0.1, 0.15) is 38.8 Å². The van der Waals surface area contributed by atoms with E-state index in [-0.39, 0.29) is 48.3 Å². The van der Waals surface area contributed by atoms with Crippen molar-refractivity contribution in [2.75, 3.05) is 30.3 Å². The number of aliphatic hydroxyl groups excluding tert-OH is 1. The van der Waals surface area contributed by atoms with Crippen LogP contribution in [0.3, 0.4) is 0 Å². The van der Waals surface area contributed by atoms with E-state index in [2.05, 4.69) is 15.6 Å². The second-order valence-corrected chi connectivity index (χ2v) is 8.03. The molecule has 4 rings (SSSR count). The van der Waals surface area contributed by atoms with Gasteiger partial charge in [0.2, 0.25) is 0 Å². The van der Waals surface area contributed by atoms with Crippen molar-refractivity contribution in [1.82, 2.24) is 9.88 Å². The SMILES string of the molecule is CCN(CCO)C(=O)c1ccc2c(c1)CC(=O)c1c(Nc3cc(O)c(C)cc3F)ccnc1N2. The summed E-state index contributed by atoms with van der Waals surface area (Å²) in [6.45, 7) is 3.95. The first-order valence-electron chi connectivity index (χ1n) is 10.9. The molecule has 0 bridgehead atoms. The molecule has 0 spiro atoms. The third kappa shape index (κ3) is 4.42. The van der Waals surface area contributed by atoms with Gasteiger partial charge in [0.05, 0.1) is 23.5 Å². The fraction of sp³-hybridized carbons (Fsp3) is 0.240. The molecule has 0 radical (unpaired) electrons. The molecule has 1 aliphatic rings. The number of Topliss-reactive ketones (excluding diaryl/α,β-unsaturated/α-hetero) is 1. The molecule has 1 aromatic heterocycles. The van der Waals surface area contributed by atoms with Gasteiger partial charge in [0.25, 0.3) is 5.91 Å². The predicted molar refractivity (Wildman–Crippen MR) is 127 cm³/mol. The Morgan fingerprint density at radius 2 is 2.03 bits per heavy atom. The molecule has 0 atom stereocenters. The predicted octanol–water partition coefficient (Wildman–Crippen LogP) is 3.92. The van der Waals surface area contributed by atoms with Gasteiger partial charge in [-0.05, 0) is 55.3 Å². The number of aromatic hydroxyl groups is 1. The Balaban J connectivity index is 1.68. The summed E-state index contributed by atoms with van der Waals surface area (Å²) < 4.78 is 14.5. The van der Waals surface area contributed by atoms with E-state index < -0.39 is 5.82 Å². The molecule has 9 heteroatoms. The summed E-state index contributed by atoms with van der Waals surface area (Å²) in [4.78, 5) is 31.9. The van der Waals surface area contributed by atoms with Crippen LogP contribution in [0.25, 0.3) is 0 Å². The van der Waals surface area contributed by atoms with Crippen molar-refractivity contribution in [2.45, 2.75) is 20.3 Å². The number of nitrogens with one attached hydrogen (secondary N) is 2. The van der Waals surface area contributed by atoms with E-state index in [1.807, 2.05) is 6.92 Å². The van der Waals surface area contributed by atoms with Crippen LogP contribution in [0.2, 0.25) is 0 Å². The van der Waals surface area contributed by atoms with Gasteiger partial charge in [-0.1, -0.05) is 0 Å². The highest BCUT2D eigenvalue weighted by atomic mass is 19.1. The van der Waals surface area contributed by atoms with E-state index in [0.717, 1.165) is 0 Å². The second kappa shape index (κ2) is 9.48. The number of benzene rings is 2. The molecule has 1 aliphatic heterocycles. The number of aryl methyl sites for hydroxylation is 1. The van der Waals surface area contributed by atoms with E-state index in [4.69, 9.17) is 0 Å². The zero-order valence-corrected chi connectivity index (χ0v) is 18.9. The van der Waals surface area contributed by atoms with Crippen LogP contribution in [-0.4, -0.2) is 51.5 Å². The molecule has 0 fully saturated rings. The van der Waals surface area contributed by atoms with Crippen LogP contribution in [0.5, 0.6) is 5.75 Å². The first kappa shape index (κ1) is 23.2. The first-order valence-corrected chi connectivity index (χ1v) is 10.9. The number of hydrogen-bond donors (Lipinski definition) is 4. The summed E-state index contributed by atoms with van der Waals surface area (Å²) in [7, 11) is 0. The highest BCUT2D eigenvalue weighted by molar-refractivity contribution is 6.09. The minimum atomic E-state index is -0.565. The Bertz CT molecular complexity index is 1280. The highest BCUT2D eigenvalue weighted by Gasteiger charge is 2.25. The highest BCUT2D eigenvalue weighted by Crippen LogP contribution is 2.35. The molecule has 1 amide bonds. The van der Waals surface area contributed by atoms with Gasteiger partial charge < -0.3 is 25.7 Å². The number of nitrogens with zero attached hydrogens (tertiary/aromatic N) is 2. The lowest BCUT2D eigenvalue weighted by molar-refractivity contribution is 0.0731. The van der Waals surface area contributed by atoms with Crippen molar-refractivity contribution < 1.29 is 24.2 Å². The summed E-state index contributed by atoms with van der Waals surface area (Å²) >= 11 is 0. The van der Waals surface area contributed by atoms with Gasteiger partial charge in [0, 0.05) is 43.0 Å². The average Bonchev–Trinajstić information content (AvgIpc) is 2.96. The zero-order chi connectivity index (χ0) is 24.4. The average molecular weight is 464 g/mol. The Kier molecular flexibility index (Phi) is 6.47. The smallest absolute Gasteiger partial charge is 0.253 e. The van der Waals surface area contributed by atoms with Crippen LogP contribution in [0.4, 0.5) is 27.3 Å². The standard InChI is InChI=1S/C25H25FN4O4/c1-3-30(8-9-31)25(34)15-4-5-18-16(11-15)12-22(33)23-19(6-7-27-24(23)29-18)28-20-13-21(32)14(2)10-17(20)26/h4-7,10-11,13,31-32H,3,8-9,12H2,1-2H3,(H2,27,28,29). The van der Waals surface area contributed by atoms with Crippen LogP contribution in [0.15, 0.2) is 42.6 Å². The lowest BCUT2D eigenvalue weighted by atomic mass is 10.0. The van der Waals surface area contributed by atoms with E-state index in [0.29, 0.717) is 40.4 Å². The minimum absolute atomic E-state index is 0.00455. The van der Waals surface area contributed by atoms with Gasteiger partial charge in [-0.25, -0.2) is 9.37 Å². The molecular formula is C25H25FN4O4. The van der Waals surface area contributed by atoms with Crippen molar-refractivity contribution >= 4 is 34.6 Å². The first-order chi connectivity index (χ1) is 16.3. The maximum Gasteiger partial charge on any atom is 0.253 e. The van der Waals surface area contributed by atoms with Crippen LogP contribution in [-0.2, 0) is 6.42 Å². The monoisotopic (exact) mass is 464 g/mol. The molecule has 2 aromatic carbocycles. The van der Waals surface area contributed by atoms with E-state index in [1.54, 1.807) is 31.2 Å². The van der Waals surface area contributed by atoms with Crippen molar-refractivity contribution in [3.8, 4) is 5.75 Å². The topological polar surface area (TPSA) is 115 Å². The number of likely N-dealkylation sites (N-methyl/N-ethyl adjacent to an activating group) is 1. The third-order valence-electron chi connectivity index (χ3n) is 5.78. The number of aliphatic hydroxyl groups is 1. The molecule has 0 saturated carbocycles. The Labute approximate surface area is 196 Å². The molecular weight excluding hydrogens is 439 g/mol. The second-order valence-electron chi connectivity index (χ2n) is 8.03.